The monoisotopic (exact) mass is 316 g/mol. The van der Waals surface area contributed by atoms with Crippen molar-refractivity contribution in [2.75, 3.05) is 19.6 Å². The van der Waals surface area contributed by atoms with Gasteiger partial charge in [-0.2, -0.15) is 0 Å². The Labute approximate surface area is 134 Å². The summed E-state index contributed by atoms with van der Waals surface area (Å²) >= 11 is 0. The molecule has 0 radical (unpaired) electrons. The highest BCUT2D eigenvalue weighted by atomic mass is 16.3. The summed E-state index contributed by atoms with van der Waals surface area (Å²) < 4.78 is 0.717. The van der Waals surface area contributed by atoms with E-state index in [9.17, 15) is 9.70 Å². The van der Waals surface area contributed by atoms with Crippen LogP contribution in [-0.2, 0) is 11.2 Å². The van der Waals surface area contributed by atoms with Crippen LogP contribution in [0, 0.1) is 10.8 Å². The number of nitrogens with one attached hydrogen (secondary N) is 1. The van der Waals surface area contributed by atoms with Gasteiger partial charge >= 0.3 is 0 Å². The molecule has 0 saturated carbocycles. The van der Waals surface area contributed by atoms with Crippen molar-refractivity contribution in [1.82, 2.24) is 15.2 Å². The van der Waals surface area contributed by atoms with E-state index in [0.29, 0.717) is 22.7 Å². The summed E-state index contributed by atoms with van der Waals surface area (Å²) in [7, 11) is 0. The quantitative estimate of drug-likeness (QED) is 0.748. The van der Waals surface area contributed by atoms with Crippen molar-refractivity contribution in [2.24, 2.45) is 11.7 Å². The van der Waals surface area contributed by atoms with Gasteiger partial charge in [0.15, 0.2) is 11.5 Å². The number of rotatable bonds is 2. The number of allylic oxidation sites excluding steroid dienone is 1. The number of nitrogens with two attached hydrogens (primary N) is 1. The summed E-state index contributed by atoms with van der Waals surface area (Å²) in [5.74, 6) is 0.124. The van der Waals surface area contributed by atoms with Crippen molar-refractivity contribution >= 4 is 11.9 Å². The first-order valence-electron chi connectivity index (χ1n) is 8.37. The van der Waals surface area contributed by atoms with Crippen LogP contribution in [0.5, 0.6) is 0 Å². The number of carbonyl (C=O) groups excluding carboxylic acids is 1. The van der Waals surface area contributed by atoms with E-state index in [2.05, 4.69) is 15.2 Å². The number of aromatic nitrogens is 3. The maximum Gasteiger partial charge on any atom is 0.208 e. The minimum Gasteiger partial charge on any atom is -0.328 e. The Hall–Kier alpha value is -1.86. The van der Waals surface area contributed by atoms with Crippen LogP contribution in [0.4, 0.5) is 0 Å². The molecule has 23 heavy (non-hydrogen) atoms. The zero-order valence-corrected chi connectivity index (χ0v) is 13.1. The molecule has 3 N–H and O–H groups in total. The maximum atomic E-state index is 12.5. The average Bonchev–Trinajstić information content (AvgIpc) is 2.56. The molecule has 1 fully saturated rings. The second kappa shape index (κ2) is 5.65. The van der Waals surface area contributed by atoms with Crippen LogP contribution in [0.25, 0.3) is 6.08 Å². The third kappa shape index (κ3) is 2.53. The van der Waals surface area contributed by atoms with Crippen LogP contribution in [0.2, 0.25) is 0 Å². The predicted octanol–water partition coefficient (Wildman–Crippen LogP) is -0.0108. The van der Waals surface area contributed by atoms with Crippen LogP contribution in [-0.4, -0.2) is 46.7 Å². The van der Waals surface area contributed by atoms with Gasteiger partial charge in [-0.05, 0) is 60.5 Å². The molecular weight excluding hydrogens is 294 g/mol. The van der Waals surface area contributed by atoms with Crippen LogP contribution < -0.4 is 10.3 Å². The topological polar surface area (TPSA) is 98.0 Å². The molecule has 2 heterocycles. The van der Waals surface area contributed by atoms with Crippen molar-refractivity contribution in [3.05, 3.63) is 27.9 Å². The van der Waals surface area contributed by atoms with Gasteiger partial charge in [0.25, 0.3) is 0 Å². The van der Waals surface area contributed by atoms with Gasteiger partial charge in [0.05, 0.1) is 16.0 Å². The molecule has 0 amide bonds. The number of nitrogens with zero attached hydrogens (tertiary/aromatic N) is 3. The van der Waals surface area contributed by atoms with E-state index < -0.39 is 0 Å². The normalized spacial score (nSPS) is 28.0. The van der Waals surface area contributed by atoms with E-state index >= 15 is 0 Å². The zero-order chi connectivity index (χ0) is 16.0. The van der Waals surface area contributed by atoms with Crippen molar-refractivity contribution in [2.45, 2.75) is 37.6 Å². The van der Waals surface area contributed by atoms with Crippen LogP contribution in [0.1, 0.15) is 42.1 Å². The summed E-state index contributed by atoms with van der Waals surface area (Å²) in [6.07, 6.45) is 6.92. The largest absolute Gasteiger partial charge is 0.328 e. The minimum atomic E-state index is -0.225. The van der Waals surface area contributed by atoms with Gasteiger partial charge in [-0.15, -0.1) is 0 Å². The van der Waals surface area contributed by atoms with E-state index in [4.69, 9.17) is 5.73 Å². The fourth-order valence-corrected chi connectivity index (χ4v) is 4.21. The van der Waals surface area contributed by atoms with Crippen molar-refractivity contribution in [3.63, 3.8) is 0 Å². The SMILES string of the molecule is NC1CCN(C[C@@H]2CCc3c4c(n[nH][n+]3=O)C=CC(=O)C42)CC1. The number of hydrogen-bond acceptors (Lipinski definition) is 5. The zero-order valence-electron chi connectivity index (χ0n) is 13.1. The van der Waals surface area contributed by atoms with E-state index in [1.54, 1.807) is 12.2 Å². The van der Waals surface area contributed by atoms with Gasteiger partial charge in [-0.3, -0.25) is 4.79 Å². The van der Waals surface area contributed by atoms with Crippen molar-refractivity contribution in [1.29, 1.82) is 0 Å². The third-order valence-corrected chi connectivity index (χ3v) is 5.46. The molecule has 7 heteroatoms. The molecule has 3 aliphatic rings. The molecule has 1 aromatic rings. The Balaban J connectivity index is 1.63. The second-order valence-electron chi connectivity index (χ2n) is 6.90. The van der Waals surface area contributed by atoms with Gasteiger partial charge in [0.1, 0.15) is 0 Å². The number of hydrogen-bond donors (Lipinski definition) is 2. The van der Waals surface area contributed by atoms with Crippen molar-refractivity contribution in [3.8, 4) is 0 Å². The lowest BCUT2D eigenvalue weighted by molar-refractivity contribution is -0.581. The minimum absolute atomic E-state index is 0.102. The molecule has 7 nitrogen and oxygen atoms in total. The number of piperidine rings is 1. The standard InChI is InChI=1S/C16H21N5O2/c17-11-5-7-20(8-6-11)9-10-1-3-13-16-12(18-19-21(13)23)2-4-14(22)15(10)16/h2,4,10-11,15H,1,3,5-9,17H2/p+1/t10-,15?/m0/s1. The first kappa shape index (κ1) is 14.7. The Bertz CT molecular complexity index is 718. The van der Waals surface area contributed by atoms with E-state index in [1.165, 1.54) is 0 Å². The molecule has 2 atom stereocenters. The third-order valence-electron chi connectivity index (χ3n) is 5.46. The van der Waals surface area contributed by atoms with Gasteiger partial charge < -0.3 is 10.6 Å². The lowest BCUT2D eigenvalue weighted by atomic mass is 9.72. The smallest absolute Gasteiger partial charge is 0.208 e. The highest BCUT2D eigenvalue weighted by Crippen LogP contribution is 2.40. The number of ketones is 1. The lowest BCUT2D eigenvalue weighted by Gasteiger charge is -2.37. The molecule has 0 bridgehead atoms. The maximum absolute atomic E-state index is 12.5. The summed E-state index contributed by atoms with van der Waals surface area (Å²) in [5, 5.41) is 6.57. The molecule has 1 unspecified atom stereocenters. The van der Waals surface area contributed by atoms with E-state index in [0.717, 1.165) is 50.2 Å². The van der Waals surface area contributed by atoms with Crippen LogP contribution in [0.3, 0.4) is 0 Å². The fourth-order valence-electron chi connectivity index (χ4n) is 4.21. The number of aromatic amines is 1. The molecule has 0 aromatic carbocycles. The molecule has 1 aromatic heterocycles. The van der Waals surface area contributed by atoms with Crippen molar-refractivity contribution < 1.29 is 9.34 Å². The number of H-pyrrole nitrogens is 1. The lowest BCUT2D eigenvalue weighted by Crippen LogP contribution is -2.45. The van der Waals surface area contributed by atoms with E-state index in [-0.39, 0.29) is 17.6 Å². The summed E-state index contributed by atoms with van der Waals surface area (Å²) in [5.41, 5.74) is 8.23. The van der Waals surface area contributed by atoms with Gasteiger partial charge in [-0.1, -0.05) is 0 Å². The molecule has 4 rings (SSSR count). The predicted molar refractivity (Wildman–Crippen MR) is 84.2 cm³/mol. The Kier molecular flexibility index (Phi) is 3.61. The molecule has 2 aliphatic carbocycles. The fraction of sp³-hybridized carbons (Fsp3) is 0.625. The van der Waals surface area contributed by atoms with Gasteiger partial charge in [0.2, 0.25) is 5.69 Å². The highest BCUT2D eigenvalue weighted by Gasteiger charge is 2.42. The Morgan fingerprint density at radius 1 is 1.30 bits per heavy atom. The summed E-state index contributed by atoms with van der Waals surface area (Å²) in [6, 6.07) is 0.309. The van der Waals surface area contributed by atoms with Gasteiger partial charge in [0, 0.05) is 24.1 Å². The summed E-state index contributed by atoms with van der Waals surface area (Å²) in [4.78, 5) is 26.9. The molecule has 1 saturated heterocycles. The summed E-state index contributed by atoms with van der Waals surface area (Å²) in [6.45, 7) is 2.89. The van der Waals surface area contributed by atoms with Crippen LogP contribution in [0.15, 0.2) is 6.08 Å². The Morgan fingerprint density at radius 2 is 2.09 bits per heavy atom. The van der Waals surface area contributed by atoms with E-state index in [1.807, 2.05) is 0 Å². The Morgan fingerprint density at radius 3 is 2.87 bits per heavy atom. The first-order valence-corrected chi connectivity index (χ1v) is 8.37. The molecule has 1 aliphatic heterocycles. The molecular formula is C16H22N5O2+. The molecule has 0 spiro atoms. The highest BCUT2D eigenvalue weighted by molar-refractivity contribution is 6.02. The van der Waals surface area contributed by atoms with Gasteiger partial charge in [-0.25, -0.2) is 0 Å². The first-order chi connectivity index (χ1) is 11.1. The average molecular weight is 316 g/mol. The number of likely N-dealkylation sites (tertiary alicyclic amines) is 1. The van der Waals surface area contributed by atoms with Crippen LogP contribution >= 0.6 is 0 Å². The molecule has 122 valence electrons. The number of carbonyl (C=O) groups is 1. The second-order valence-corrected chi connectivity index (χ2v) is 6.90.